The van der Waals surface area contributed by atoms with Crippen LogP contribution < -0.4 is 5.56 Å². The molecule has 0 unspecified atom stereocenters. The second kappa shape index (κ2) is 3.96. The molecule has 1 saturated carbocycles. The Morgan fingerprint density at radius 3 is 2.62 bits per heavy atom. The zero-order valence-corrected chi connectivity index (χ0v) is 9.73. The van der Waals surface area contributed by atoms with Crippen LogP contribution in [0.1, 0.15) is 38.1 Å². The Morgan fingerprint density at radius 2 is 2.08 bits per heavy atom. The largest absolute Gasteiger partial charge is 0.275 e. The lowest BCUT2D eigenvalue weighted by Gasteiger charge is -2.21. The summed E-state index contributed by atoms with van der Waals surface area (Å²) in [4.78, 5) is 11.6. The fourth-order valence-corrected chi connectivity index (χ4v) is 3.32. The standard InChI is InChI=1S/C9H12BrNOS/c10-8-6-13-11(9(8)12)7-4-2-1-3-5-7/h6-7H,1-5H2. The molecule has 1 heterocycles. The van der Waals surface area contributed by atoms with Crippen LogP contribution in [0.25, 0.3) is 0 Å². The molecule has 0 atom stereocenters. The van der Waals surface area contributed by atoms with Gasteiger partial charge in [0.25, 0.3) is 5.56 Å². The molecule has 4 heteroatoms. The van der Waals surface area contributed by atoms with Crippen LogP contribution in [0.5, 0.6) is 0 Å². The summed E-state index contributed by atoms with van der Waals surface area (Å²) in [6.45, 7) is 0. The van der Waals surface area contributed by atoms with Crippen LogP contribution in [0.2, 0.25) is 0 Å². The highest BCUT2D eigenvalue weighted by Gasteiger charge is 2.18. The average molecular weight is 262 g/mol. The topological polar surface area (TPSA) is 22.0 Å². The van der Waals surface area contributed by atoms with Crippen molar-refractivity contribution in [3.8, 4) is 0 Å². The fraction of sp³-hybridized carbons (Fsp3) is 0.667. The summed E-state index contributed by atoms with van der Waals surface area (Å²) >= 11 is 4.80. The lowest BCUT2D eigenvalue weighted by atomic mass is 9.96. The monoisotopic (exact) mass is 261 g/mol. The number of hydrogen-bond acceptors (Lipinski definition) is 2. The number of hydrogen-bond donors (Lipinski definition) is 0. The van der Waals surface area contributed by atoms with Crippen LogP contribution in [0.3, 0.4) is 0 Å². The first-order valence-corrected chi connectivity index (χ1v) is 6.28. The third kappa shape index (κ3) is 1.89. The van der Waals surface area contributed by atoms with Crippen molar-refractivity contribution in [1.29, 1.82) is 0 Å². The molecule has 1 aliphatic carbocycles. The predicted molar refractivity (Wildman–Crippen MR) is 58.4 cm³/mol. The van der Waals surface area contributed by atoms with E-state index in [1.165, 1.54) is 43.6 Å². The summed E-state index contributed by atoms with van der Waals surface area (Å²) < 4.78 is 2.63. The van der Waals surface area contributed by atoms with E-state index in [0.717, 1.165) is 0 Å². The van der Waals surface area contributed by atoms with Gasteiger partial charge >= 0.3 is 0 Å². The van der Waals surface area contributed by atoms with Gasteiger partial charge < -0.3 is 0 Å². The summed E-state index contributed by atoms with van der Waals surface area (Å²) in [6, 6.07) is 0.470. The van der Waals surface area contributed by atoms with E-state index in [-0.39, 0.29) is 5.56 Å². The molecule has 0 spiro atoms. The molecule has 1 aromatic rings. The first-order chi connectivity index (χ1) is 6.29. The first-order valence-electron chi connectivity index (χ1n) is 4.65. The van der Waals surface area contributed by atoms with Crippen LogP contribution >= 0.6 is 27.5 Å². The van der Waals surface area contributed by atoms with E-state index in [2.05, 4.69) is 15.9 Å². The van der Waals surface area contributed by atoms with E-state index < -0.39 is 0 Å². The highest BCUT2D eigenvalue weighted by molar-refractivity contribution is 9.10. The van der Waals surface area contributed by atoms with Gasteiger partial charge in [-0.05, 0) is 28.8 Å². The predicted octanol–water partition coefficient (Wildman–Crippen LogP) is 3.18. The SMILES string of the molecule is O=c1c(Br)csn1C1CCCCC1. The van der Waals surface area contributed by atoms with Crippen molar-refractivity contribution >= 4 is 27.5 Å². The molecule has 2 rings (SSSR count). The number of halogens is 1. The highest BCUT2D eigenvalue weighted by Crippen LogP contribution is 2.28. The molecular formula is C9H12BrNOS. The lowest BCUT2D eigenvalue weighted by Crippen LogP contribution is -2.21. The molecule has 0 saturated heterocycles. The molecule has 2 nitrogen and oxygen atoms in total. The van der Waals surface area contributed by atoms with Gasteiger partial charge in [0.1, 0.15) is 0 Å². The van der Waals surface area contributed by atoms with Crippen LogP contribution in [0.15, 0.2) is 14.6 Å². The fourth-order valence-electron chi connectivity index (χ4n) is 1.87. The van der Waals surface area contributed by atoms with Crippen molar-refractivity contribution in [2.24, 2.45) is 0 Å². The van der Waals surface area contributed by atoms with Gasteiger partial charge in [0.05, 0.1) is 4.47 Å². The van der Waals surface area contributed by atoms with Crippen molar-refractivity contribution in [3.63, 3.8) is 0 Å². The Balaban J connectivity index is 2.24. The van der Waals surface area contributed by atoms with Crippen molar-refractivity contribution in [1.82, 2.24) is 3.96 Å². The van der Waals surface area contributed by atoms with Crippen LogP contribution in [0, 0.1) is 0 Å². The van der Waals surface area contributed by atoms with Crippen LogP contribution in [0.4, 0.5) is 0 Å². The van der Waals surface area contributed by atoms with Crippen molar-refractivity contribution in [2.45, 2.75) is 38.1 Å². The van der Waals surface area contributed by atoms with Crippen LogP contribution in [-0.4, -0.2) is 3.96 Å². The molecule has 1 aliphatic rings. The molecule has 0 radical (unpaired) electrons. The highest BCUT2D eigenvalue weighted by atomic mass is 79.9. The molecule has 0 bridgehead atoms. The van der Waals surface area contributed by atoms with E-state index in [9.17, 15) is 4.79 Å². The zero-order chi connectivity index (χ0) is 9.26. The second-order valence-electron chi connectivity index (χ2n) is 3.49. The Hall–Kier alpha value is -0.0900. The number of rotatable bonds is 1. The van der Waals surface area contributed by atoms with Gasteiger partial charge in [-0.1, -0.05) is 30.8 Å². The van der Waals surface area contributed by atoms with Crippen molar-refractivity contribution in [2.75, 3.05) is 0 Å². The Morgan fingerprint density at radius 1 is 1.38 bits per heavy atom. The molecule has 1 fully saturated rings. The Bertz CT molecular complexity index is 338. The van der Waals surface area contributed by atoms with Crippen LogP contribution in [-0.2, 0) is 0 Å². The minimum Gasteiger partial charge on any atom is -0.267 e. The summed E-state index contributed by atoms with van der Waals surface area (Å²) in [6.07, 6.45) is 6.22. The molecule has 72 valence electrons. The van der Waals surface area contributed by atoms with Crippen molar-refractivity contribution in [3.05, 3.63) is 20.2 Å². The molecule has 0 N–H and O–H groups in total. The number of aromatic nitrogens is 1. The minimum atomic E-state index is 0.150. The van der Waals surface area contributed by atoms with Gasteiger partial charge in [0.15, 0.2) is 0 Å². The third-order valence-electron chi connectivity index (χ3n) is 2.58. The molecule has 1 aromatic heterocycles. The molecule has 0 aromatic carbocycles. The van der Waals surface area contributed by atoms with Crippen molar-refractivity contribution < 1.29 is 0 Å². The second-order valence-corrected chi connectivity index (χ2v) is 5.19. The maximum atomic E-state index is 11.6. The van der Waals surface area contributed by atoms with E-state index >= 15 is 0 Å². The maximum Gasteiger partial charge on any atom is 0.275 e. The van der Waals surface area contributed by atoms with E-state index in [0.29, 0.717) is 10.5 Å². The van der Waals surface area contributed by atoms with Gasteiger partial charge in [0.2, 0.25) is 0 Å². The van der Waals surface area contributed by atoms with E-state index in [4.69, 9.17) is 0 Å². The lowest BCUT2D eigenvalue weighted by molar-refractivity contribution is 0.365. The summed E-state index contributed by atoms with van der Waals surface area (Å²) in [7, 11) is 0. The van der Waals surface area contributed by atoms with Gasteiger partial charge in [-0.15, -0.1) is 0 Å². The van der Waals surface area contributed by atoms with Gasteiger partial charge in [-0.2, -0.15) is 0 Å². The summed E-state index contributed by atoms with van der Waals surface area (Å²) in [5.41, 5.74) is 0.150. The Labute approximate surface area is 89.9 Å². The third-order valence-corrected chi connectivity index (χ3v) is 4.48. The maximum absolute atomic E-state index is 11.6. The zero-order valence-electron chi connectivity index (χ0n) is 7.33. The molecule has 13 heavy (non-hydrogen) atoms. The average Bonchev–Trinajstić information content (AvgIpc) is 2.49. The smallest absolute Gasteiger partial charge is 0.267 e. The minimum absolute atomic E-state index is 0.150. The molecule has 0 amide bonds. The van der Waals surface area contributed by atoms with Gasteiger partial charge in [-0.25, -0.2) is 0 Å². The molecular weight excluding hydrogens is 250 g/mol. The first kappa shape index (κ1) is 9.46. The summed E-state index contributed by atoms with van der Waals surface area (Å²) in [5.74, 6) is 0. The quantitative estimate of drug-likeness (QED) is 0.761. The number of nitrogens with zero attached hydrogens (tertiary/aromatic N) is 1. The molecule has 0 aliphatic heterocycles. The van der Waals surface area contributed by atoms with Gasteiger partial charge in [-0.3, -0.25) is 8.75 Å². The summed E-state index contributed by atoms with van der Waals surface area (Å²) in [5, 5.41) is 1.89. The van der Waals surface area contributed by atoms with E-state index in [1.54, 1.807) is 0 Å². The van der Waals surface area contributed by atoms with Gasteiger partial charge in [0, 0.05) is 11.4 Å². The Kier molecular flexibility index (Phi) is 2.89. The normalized spacial score (nSPS) is 19.2. The van der Waals surface area contributed by atoms with E-state index in [1.807, 2.05) is 9.34 Å².